The van der Waals surface area contributed by atoms with Crippen LogP contribution < -0.4 is 5.32 Å². The third-order valence-corrected chi connectivity index (χ3v) is 4.54. The molecule has 1 N–H and O–H groups in total. The third-order valence-electron chi connectivity index (χ3n) is 4.54. The summed E-state index contributed by atoms with van der Waals surface area (Å²) in [6, 6.07) is 0. The van der Waals surface area contributed by atoms with Gasteiger partial charge in [-0.25, -0.2) is 9.69 Å². The molecule has 0 aromatic carbocycles. The van der Waals surface area contributed by atoms with Crippen molar-refractivity contribution in [3.8, 4) is 0 Å². The standard InChI is InChI=1S/C15H18N2O4/c1-2-21-14(20)17-11-6-4-3-5-10(11)15(13(17)19)8-7-12(18)16-9-15/h3-4,6,10H,2,5,7-9H2,1H3,(H,16,18). The molecule has 1 spiro atoms. The van der Waals surface area contributed by atoms with Crippen molar-refractivity contribution in [2.75, 3.05) is 13.2 Å². The van der Waals surface area contributed by atoms with Crippen LogP contribution in [0.4, 0.5) is 4.79 Å². The maximum absolute atomic E-state index is 12.9. The molecule has 112 valence electrons. The molecule has 2 unspecified atom stereocenters. The zero-order chi connectivity index (χ0) is 15.0. The van der Waals surface area contributed by atoms with E-state index in [0.29, 0.717) is 25.0 Å². The Balaban J connectivity index is 1.98. The van der Waals surface area contributed by atoms with E-state index < -0.39 is 11.5 Å². The summed E-state index contributed by atoms with van der Waals surface area (Å²) in [6.07, 6.45) is 6.51. The zero-order valence-electron chi connectivity index (χ0n) is 11.9. The smallest absolute Gasteiger partial charge is 0.420 e. The van der Waals surface area contributed by atoms with Crippen molar-refractivity contribution in [3.63, 3.8) is 0 Å². The molecular weight excluding hydrogens is 272 g/mol. The molecule has 0 aromatic heterocycles. The first-order valence-corrected chi connectivity index (χ1v) is 7.25. The van der Waals surface area contributed by atoms with Crippen LogP contribution in [0.1, 0.15) is 26.2 Å². The lowest BCUT2D eigenvalue weighted by atomic mass is 9.69. The highest BCUT2D eigenvalue weighted by atomic mass is 16.6. The van der Waals surface area contributed by atoms with E-state index in [0.717, 1.165) is 4.90 Å². The van der Waals surface area contributed by atoms with Gasteiger partial charge in [-0.2, -0.15) is 0 Å². The van der Waals surface area contributed by atoms with Crippen molar-refractivity contribution in [1.82, 2.24) is 10.2 Å². The Bertz CT molecular complexity index is 554. The van der Waals surface area contributed by atoms with E-state index in [1.807, 2.05) is 12.2 Å². The van der Waals surface area contributed by atoms with E-state index in [-0.39, 0.29) is 30.9 Å². The second-order valence-electron chi connectivity index (χ2n) is 5.58. The van der Waals surface area contributed by atoms with Crippen molar-refractivity contribution in [2.24, 2.45) is 11.3 Å². The van der Waals surface area contributed by atoms with Crippen LogP contribution in [-0.2, 0) is 14.3 Å². The molecule has 3 amide bonds. The number of ether oxygens (including phenoxy) is 1. The van der Waals surface area contributed by atoms with Crippen LogP contribution in [0.2, 0.25) is 0 Å². The van der Waals surface area contributed by atoms with Crippen LogP contribution in [0.5, 0.6) is 0 Å². The lowest BCUT2D eigenvalue weighted by Crippen LogP contribution is -2.51. The molecule has 2 saturated heterocycles. The number of amides is 3. The first-order chi connectivity index (χ1) is 10.1. The molecule has 2 heterocycles. The maximum Gasteiger partial charge on any atom is 0.420 e. The average Bonchev–Trinajstić information content (AvgIpc) is 2.72. The summed E-state index contributed by atoms with van der Waals surface area (Å²) in [5, 5.41) is 2.78. The summed E-state index contributed by atoms with van der Waals surface area (Å²) >= 11 is 0. The molecule has 0 saturated carbocycles. The number of carbonyl (C=O) groups excluding carboxylic acids is 3. The lowest BCUT2D eigenvalue weighted by molar-refractivity contribution is -0.138. The first-order valence-electron chi connectivity index (χ1n) is 7.25. The summed E-state index contributed by atoms with van der Waals surface area (Å²) in [4.78, 5) is 37.6. The van der Waals surface area contributed by atoms with E-state index in [9.17, 15) is 14.4 Å². The van der Waals surface area contributed by atoms with Crippen molar-refractivity contribution in [2.45, 2.75) is 26.2 Å². The van der Waals surface area contributed by atoms with Gasteiger partial charge >= 0.3 is 6.09 Å². The number of rotatable bonds is 1. The number of hydrogen-bond donors (Lipinski definition) is 1. The number of piperidine rings is 1. The summed E-state index contributed by atoms with van der Waals surface area (Å²) in [6.45, 7) is 2.22. The van der Waals surface area contributed by atoms with Crippen LogP contribution in [0.15, 0.2) is 23.9 Å². The van der Waals surface area contributed by atoms with Crippen molar-refractivity contribution >= 4 is 17.9 Å². The van der Waals surface area contributed by atoms with Crippen LogP contribution in [0.25, 0.3) is 0 Å². The summed E-state index contributed by atoms with van der Waals surface area (Å²) in [7, 11) is 0. The highest BCUT2D eigenvalue weighted by molar-refractivity contribution is 6.02. The number of fused-ring (bicyclic) bond motifs is 2. The highest BCUT2D eigenvalue weighted by Crippen LogP contribution is 2.51. The molecule has 0 bridgehead atoms. The van der Waals surface area contributed by atoms with Gasteiger partial charge in [0.25, 0.3) is 0 Å². The molecular formula is C15H18N2O4. The minimum Gasteiger partial charge on any atom is -0.449 e. The largest absolute Gasteiger partial charge is 0.449 e. The topological polar surface area (TPSA) is 75.7 Å². The summed E-state index contributed by atoms with van der Waals surface area (Å²) in [5.41, 5.74) is -0.0193. The van der Waals surface area contributed by atoms with Gasteiger partial charge in [-0.3, -0.25) is 9.59 Å². The Morgan fingerprint density at radius 3 is 3.00 bits per heavy atom. The van der Waals surface area contributed by atoms with Gasteiger partial charge in [0.2, 0.25) is 11.8 Å². The predicted octanol–water partition coefficient (Wildman–Crippen LogP) is 1.34. The predicted molar refractivity (Wildman–Crippen MR) is 73.9 cm³/mol. The lowest BCUT2D eigenvalue weighted by Gasteiger charge is -2.35. The fourth-order valence-corrected chi connectivity index (χ4v) is 3.47. The third kappa shape index (κ3) is 1.97. The second-order valence-corrected chi connectivity index (χ2v) is 5.58. The molecule has 6 nitrogen and oxygen atoms in total. The Labute approximate surface area is 122 Å². The van der Waals surface area contributed by atoms with Gasteiger partial charge < -0.3 is 10.1 Å². The Hall–Kier alpha value is -2.11. The minimum absolute atomic E-state index is 0.0418. The molecule has 3 rings (SSSR count). The monoisotopic (exact) mass is 290 g/mol. The molecule has 2 atom stereocenters. The van der Waals surface area contributed by atoms with Gasteiger partial charge in [0.15, 0.2) is 0 Å². The molecule has 1 aliphatic carbocycles. The molecule has 0 aromatic rings. The Kier molecular flexibility index (Phi) is 3.31. The first kappa shape index (κ1) is 13.9. The van der Waals surface area contributed by atoms with Gasteiger partial charge in [0.05, 0.1) is 12.0 Å². The van der Waals surface area contributed by atoms with Crippen LogP contribution in [0.3, 0.4) is 0 Å². The minimum atomic E-state index is -0.711. The molecule has 0 radical (unpaired) electrons. The number of likely N-dealkylation sites (tertiary alicyclic amines) is 1. The van der Waals surface area contributed by atoms with Gasteiger partial charge in [0, 0.05) is 24.6 Å². The van der Waals surface area contributed by atoms with E-state index >= 15 is 0 Å². The SMILES string of the molecule is CCOC(=O)N1C(=O)C2(CCC(=O)NC2)C2CC=CC=C21. The number of allylic oxidation sites excluding steroid dienone is 4. The van der Waals surface area contributed by atoms with Gasteiger partial charge in [-0.15, -0.1) is 0 Å². The van der Waals surface area contributed by atoms with Crippen molar-refractivity contribution < 1.29 is 19.1 Å². The molecule has 6 heteroatoms. The maximum atomic E-state index is 12.9. The zero-order valence-corrected chi connectivity index (χ0v) is 11.9. The van der Waals surface area contributed by atoms with Gasteiger partial charge in [-0.05, 0) is 25.8 Å². The Morgan fingerprint density at radius 2 is 2.33 bits per heavy atom. The summed E-state index contributed by atoms with van der Waals surface area (Å²) < 4.78 is 5.01. The molecule has 21 heavy (non-hydrogen) atoms. The van der Waals surface area contributed by atoms with Crippen molar-refractivity contribution in [1.29, 1.82) is 0 Å². The Morgan fingerprint density at radius 1 is 1.52 bits per heavy atom. The number of carbonyl (C=O) groups is 3. The number of nitrogens with zero attached hydrogens (tertiary/aromatic N) is 1. The number of nitrogens with one attached hydrogen (secondary N) is 1. The second kappa shape index (κ2) is 5.02. The van der Waals surface area contributed by atoms with Gasteiger partial charge in [0.1, 0.15) is 0 Å². The molecule has 3 aliphatic rings. The van der Waals surface area contributed by atoms with Crippen LogP contribution >= 0.6 is 0 Å². The van der Waals surface area contributed by atoms with Gasteiger partial charge in [-0.1, -0.05) is 12.2 Å². The quantitative estimate of drug-likeness (QED) is 0.790. The summed E-state index contributed by atoms with van der Waals surface area (Å²) in [5.74, 6) is -0.360. The van der Waals surface area contributed by atoms with E-state index in [4.69, 9.17) is 4.74 Å². The van der Waals surface area contributed by atoms with E-state index in [2.05, 4.69) is 5.32 Å². The fourth-order valence-electron chi connectivity index (χ4n) is 3.47. The average molecular weight is 290 g/mol. The number of hydrogen-bond acceptors (Lipinski definition) is 4. The van der Waals surface area contributed by atoms with Crippen molar-refractivity contribution in [3.05, 3.63) is 23.9 Å². The van der Waals surface area contributed by atoms with E-state index in [1.165, 1.54) is 0 Å². The van der Waals surface area contributed by atoms with Crippen LogP contribution in [-0.4, -0.2) is 36.0 Å². The highest BCUT2D eigenvalue weighted by Gasteiger charge is 2.59. The number of imide groups is 1. The fraction of sp³-hybridized carbons (Fsp3) is 0.533. The molecule has 2 fully saturated rings. The molecule has 2 aliphatic heterocycles. The normalized spacial score (nSPS) is 31.0. The van der Waals surface area contributed by atoms with E-state index in [1.54, 1.807) is 13.0 Å². The van der Waals surface area contributed by atoms with Crippen LogP contribution in [0, 0.1) is 11.3 Å².